The van der Waals surface area contributed by atoms with E-state index in [2.05, 4.69) is 5.32 Å². The molecule has 7 rings (SSSR count). The van der Waals surface area contributed by atoms with Crippen LogP contribution in [0.4, 0.5) is 5.69 Å². The summed E-state index contributed by atoms with van der Waals surface area (Å²) in [7, 11) is 0. The van der Waals surface area contributed by atoms with Gasteiger partial charge >= 0.3 is 0 Å². The van der Waals surface area contributed by atoms with Crippen molar-refractivity contribution < 1.29 is 63.8 Å². The lowest BCUT2D eigenvalue weighted by molar-refractivity contribution is -0.249. The fourth-order valence-corrected chi connectivity index (χ4v) is 8.78. The monoisotopic (exact) mass is 774 g/mol. The van der Waals surface area contributed by atoms with Gasteiger partial charge in [-0.05, 0) is 30.9 Å². The van der Waals surface area contributed by atoms with Crippen LogP contribution in [-0.2, 0) is 30.3 Å². The van der Waals surface area contributed by atoms with E-state index in [0.717, 1.165) is 4.90 Å². The molecule has 2 aliphatic heterocycles. The SMILES string of the molecule is CCSC1CC(=O)N(c2cccc(C(=O)NC3CC(OC4CC(O)(C(=O)CO)Cc5c(O)c6c(c(O)c54)C(=O)c4ccccc4C6=O)OC(C)C3O)c2)C1=O. The number of nitrogens with zero attached hydrogens (tertiary/aromatic N) is 1. The normalized spacial score (nSPS) is 27.4. The second-order valence-electron chi connectivity index (χ2n) is 14.0. The Morgan fingerprint density at radius 1 is 1.02 bits per heavy atom. The van der Waals surface area contributed by atoms with Gasteiger partial charge in [0.1, 0.15) is 29.8 Å². The lowest BCUT2D eigenvalue weighted by Gasteiger charge is -2.43. The summed E-state index contributed by atoms with van der Waals surface area (Å²) in [5.74, 6) is -4.76. The van der Waals surface area contributed by atoms with Crippen molar-refractivity contribution in [3.05, 3.63) is 87.5 Å². The number of carbonyl (C=O) groups is 6. The number of aromatic hydroxyl groups is 2. The molecule has 6 N–H and O–H groups in total. The highest BCUT2D eigenvalue weighted by Crippen LogP contribution is 2.52. The second kappa shape index (κ2) is 14.6. The Morgan fingerprint density at radius 3 is 2.35 bits per heavy atom. The van der Waals surface area contributed by atoms with E-state index >= 15 is 0 Å². The maximum absolute atomic E-state index is 13.7. The molecule has 2 heterocycles. The Bertz CT molecular complexity index is 2160. The van der Waals surface area contributed by atoms with Crippen molar-refractivity contribution in [2.45, 2.75) is 81.0 Å². The van der Waals surface area contributed by atoms with E-state index < -0.39 is 107 Å². The number of thioether (sulfide) groups is 1. The number of nitrogens with one attached hydrogen (secondary N) is 1. The third-order valence-corrected chi connectivity index (χ3v) is 11.7. The molecule has 55 heavy (non-hydrogen) atoms. The van der Waals surface area contributed by atoms with Gasteiger partial charge in [-0.2, -0.15) is 0 Å². The van der Waals surface area contributed by atoms with Gasteiger partial charge in [-0.15, -0.1) is 11.8 Å². The number of rotatable bonds is 9. The minimum Gasteiger partial charge on any atom is -0.507 e. The van der Waals surface area contributed by atoms with Crippen molar-refractivity contribution in [3.63, 3.8) is 0 Å². The van der Waals surface area contributed by atoms with E-state index in [1.165, 1.54) is 67.2 Å². The maximum Gasteiger partial charge on any atom is 0.251 e. The third-order valence-electron chi connectivity index (χ3n) is 10.6. The van der Waals surface area contributed by atoms with Gasteiger partial charge < -0.3 is 40.3 Å². The number of phenolic OH excluding ortho intramolecular Hbond substituents is 2. The molecule has 4 aliphatic rings. The number of aliphatic hydroxyl groups is 3. The standard InChI is InChI=1S/C39H38N2O13S/c1-3-55-25-13-27(44)41(38(25)51)19-8-6-7-18(11-19)37(50)40-23-12-28(53-17(2)32(23)45)54-24-15-39(52,26(43)16-42)14-22-29(24)36(49)31-30(35(22)48)33(46)20-9-4-5-10-21(20)34(31)47/h4-11,17,23-25,28,32,42,45,48-49,52H,3,12-16H2,1-2H3,(H,40,50). The number of hydrogen-bond acceptors (Lipinski definition) is 14. The van der Waals surface area contributed by atoms with Gasteiger partial charge in [0.05, 0.1) is 40.3 Å². The number of Topliss-reactive ketones (excluding diaryl/α,β-unsaturated/α-hetero) is 1. The molecular weight excluding hydrogens is 736 g/mol. The highest BCUT2D eigenvalue weighted by molar-refractivity contribution is 8.00. The molecule has 3 amide bonds. The zero-order valence-corrected chi connectivity index (χ0v) is 30.5. The summed E-state index contributed by atoms with van der Waals surface area (Å²) in [5.41, 5.74) is -3.47. The molecule has 7 atom stereocenters. The molecule has 0 bridgehead atoms. The van der Waals surface area contributed by atoms with Crippen LogP contribution in [0.15, 0.2) is 48.5 Å². The van der Waals surface area contributed by atoms with Crippen LogP contribution in [0.3, 0.4) is 0 Å². The first-order valence-corrected chi connectivity index (χ1v) is 18.8. The average Bonchev–Trinajstić information content (AvgIpc) is 3.45. The lowest BCUT2D eigenvalue weighted by Crippen LogP contribution is -2.55. The van der Waals surface area contributed by atoms with Gasteiger partial charge in [0.15, 0.2) is 23.6 Å². The minimum atomic E-state index is -2.35. The van der Waals surface area contributed by atoms with E-state index in [-0.39, 0.29) is 58.2 Å². The minimum absolute atomic E-state index is 0.00393. The van der Waals surface area contributed by atoms with Crippen LogP contribution < -0.4 is 10.2 Å². The molecule has 2 fully saturated rings. The van der Waals surface area contributed by atoms with Crippen molar-refractivity contribution in [3.8, 4) is 11.5 Å². The number of amides is 3. The van der Waals surface area contributed by atoms with Gasteiger partial charge in [0.25, 0.3) is 5.91 Å². The topological polar surface area (TPSA) is 237 Å². The van der Waals surface area contributed by atoms with Gasteiger partial charge in [-0.3, -0.25) is 28.8 Å². The first kappa shape index (κ1) is 38.3. The average molecular weight is 775 g/mol. The molecule has 2 saturated heterocycles. The number of anilines is 1. The third kappa shape index (κ3) is 6.51. The zero-order valence-electron chi connectivity index (χ0n) is 29.7. The largest absolute Gasteiger partial charge is 0.507 e. The van der Waals surface area contributed by atoms with E-state index in [0.29, 0.717) is 5.75 Å². The summed E-state index contributed by atoms with van der Waals surface area (Å²) in [6, 6.07) is 10.8. The molecule has 0 saturated carbocycles. The second-order valence-corrected chi connectivity index (χ2v) is 15.5. The van der Waals surface area contributed by atoms with Gasteiger partial charge in [-0.25, -0.2) is 4.90 Å². The number of carbonyl (C=O) groups excluding carboxylic acids is 6. The van der Waals surface area contributed by atoms with Crippen molar-refractivity contribution in [1.29, 1.82) is 0 Å². The molecule has 288 valence electrons. The summed E-state index contributed by atoms with van der Waals surface area (Å²) in [4.78, 5) is 80.5. The number of imide groups is 1. The van der Waals surface area contributed by atoms with Crippen LogP contribution in [0.5, 0.6) is 11.5 Å². The van der Waals surface area contributed by atoms with Gasteiger partial charge in [0.2, 0.25) is 11.8 Å². The van der Waals surface area contributed by atoms with E-state index in [1.54, 1.807) is 0 Å². The van der Waals surface area contributed by atoms with Crippen LogP contribution in [0.1, 0.15) is 92.5 Å². The van der Waals surface area contributed by atoms with Crippen molar-refractivity contribution in [2.24, 2.45) is 0 Å². The number of hydrogen-bond donors (Lipinski definition) is 6. The fraction of sp³-hybridized carbons (Fsp3) is 0.385. The molecular formula is C39H38N2O13S. The molecule has 0 spiro atoms. The van der Waals surface area contributed by atoms with E-state index in [4.69, 9.17) is 9.47 Å². The number of ether oxygens (including phenoxy) is 2. The van der Waals surface area contributed by atoms with Crippen molar-refractivity contribution >= 4 is 52.5 Å². The zero-order chi connectivity index (χ0) is 39.5. The van der Waals surface area contributed by atoms with Crippen molar-refractivity contribution in [1.82, 2.24) is 5.32 Å². The highest BCUT2D eigenvalue weighted by Gasteiger charge is 2.50. The Kier molecular flexibility index (Phi) is 10.2. The molecule has 3 aromatic carbocycles. The molecule has 0 aromatic heterocycles. The van der Waals surface area contributed by atoms with Crippen LogP contribution >= 0.6 is 11.8 Å². The Morgan fingerprint density at radius 2 is 1.69 bits per heavy atom. The molecule has 7 unspecified atom stereocenters. The van der Waals surface area contributed by atoms with Crippen LogP contribution in [0.25, 0.3) is 0 Å². The number of fused-ring (bicyclic) bond motifs is 3. The Hall–Kier alpha value is -4.97. The summed E-state index contributed by atoms with van der Waals surface area (Å²) >= 11 is 1.36. The van der Waals surface area contributed by atoms with Crippen molar-refractivity contribution in [2.75, 3.05) is 17.3 Å². The number of phenols is 2. The summed E-state index contributed by atoms with van der Waals surface area (Å²) < 4.78 is 12.2. The van der Waals surface area contributed by atoms with Crippen LogP contribution in [-0.4, -0.2) is 108 Å². The van der Waals surface area contributed by atoms with E-state index in [1.807, 2.05) is 6.92 Å². The quantitative estimate of drug-likeness (QED) is 0.105. The molecule has 3 aromatic rings. The lowest BCUT2D eigenvalue weighted by atomic mass is 9.72. The molecule has 0 radical (unpaired) electrons. The van der Waals surface area contributed by atoms with E-state index in [9.17, 15) is 54.3 Å². The van der Waals surface area contributed by atoms with Crippen LogP contribution in [0, 0.1) is 0 Å². The fourth-order valence-electron chi connectivity index (χ4n) is 7.87. The smallest absolute Gasteiger partial charge is 0.251 e. The predicted octanol–water partition coefficient (Wildman–Crippen LogP) is 1.85. The van der Waals surface area contributed by atoms with Gasteiger partial charge in [0, 0.05) is 53.5 Å². The van der Waals surface area contributed by atoms with Gasteiger partial charge in [-0.1, -0.05) is 37.3 Å². The number of benzene rings is 3. The number of ketones is 3. The molecule has 2 aliphatic carbocycles. The molecule has 15 nitrogen and oxygen atoms in total. The molecule has 16 heteroatoms. The Balaban J connectivity index is 1.18. The summed E-state index contributed by atoms with van der Waals surface area (Å²) in [6.07, 6.45) is -6.38. The van der Waals surface area contributed by atoms with Crippen LogP contribution in [0.2, 0.25) is 0 Å². The Labute approximate surface area is 318 Å². The predicted molar refractivity (Wildman–Crippen MR) is 194 cm³/mol. The number of aliphatic hydroxyl groups excluding tert-OH is 2. The summed E-state index contributed by atoms with van der Waals surface area (Å²) in [5, 5.41) is 57.8. The first-order chi connectivity index (χ1) is 26.2. The summed E-state index contributed by atoms with van der Waals surface area (Å²) in [6.45, 7) is 2.31. The maximum atomic E-state index is 13.7. The highest BCUT2D eigenvalue weighted by atomic mass is 32.2. The first-order valence-electron chi connectivity index (χ1n) is 17.7.